The molecule has 1 unspecified atom stereocenters. The lowest BCUT2D eigenvalue weighted by atomic mass is 10.2. The monoisotopic (exact) mass is 282 g/mol. The number of hydrogen-bond donors (Lipinski definition) is 2. The Morgan fingerprint density at radius 2 is 2.00 bits per heavy atom. The van der Waals surface area contributed by atoms with Gasteiger partial charge in [0.2, 0.25) is 0 Å². The fourth-order valence-corrected chi connectivity index (χ4v) is 1.71. The molecule has 0 saturated heterocycles. The summed E-state index contributed by atoms with van der Waals surface area (Å²) in [6.45, 7) is 9.55. The normalized spacial score (nSPS) is 12.7. The Morgan fingerprint density at radius 1 is 1.35 bits per heavy atom. The number of nitrogens with one attached hydrogen (secondary N) is 2. The van der Waals surface area contributed by atoms with E-state index < -0.39 is 11.7 Å². The van der Waals surface area contributed by atoms with Crippen molar-refractivity contribution >= 4 is 11.8 Å². The molecule has 1 atom stereocenters. The zero-order chi connectivity index (χ0) is 15.3. The van der Waals surface area contributed by atoms with Crippen molar-refractivity contribution in [3.63, 3.8) is 0 Å². The summed E-state index contributed by atoms with van der Waals surface area (Å²) >= 11 is 0. The topological polar surface area (TPSA) is 50.4 Å². The smallest absolute Gasteiger partial charge is 0.407 e. The molecule has 20 heavy (non-hydrogen) atoms. The summed E-state index contributed by atoms with van der Waals surface area (Å²) < 4.78 is 18.4. The molecule has 0 heterocycles. The molecule has 0 saturated carbocycles. The largest absolute Gasteiger partial charge is 0.444 e. The van der Waals surface area contributed by atoms with Gasteiger partial charge in [-0.1, -0.05) is 0 Å². The van der Waals surface area contributed by atoms with E-state index in [1.54, 1.807) is 0 Å². The van der Waals surface area contributed by atoms with Crippen LogP contribution in [0.5, 0.6) is 0 Å². The summed E-state index contributed by atoms with van der Waals surface area (Å²) in [5, 5.41) is 5.80. The van der Waals surface area contributed by atoms with Crippen molar-refractivity contribution in [1.82, 2.24) is 5.32 Å². The molecule has 1 aromatic rings. The van der Waals surface area contributed by atoms with E-state index in [9.17, 15) is 9.18 Å². The zero-order valence-corrected chi connectivity index (χ0v) is 12.7. The molecule has 5 heteroatoms. The van der Waals surface area contributed by atoms with E-state index in [-0.39, 0.29) is 11.9 Å². The number of amides is 1. The van der Waals surface area contributed by atoms with Gasteiger partial charge in [0.15, 0.2) is 0 Å². The maximum atomic E-state index is 13.2. The molecule has 0 aromatic heterocycles. The van der Waals surface area contributed by atoms with Crippen LogP contribution in [0.25, 0.3) is 0 Å². The van der Waals surface area contributed by atoms with E-state index in [2.05, 4.69) is 10.6 Å². The lowest BCUT2D eigenvalue weighted by Crippen LogP contribution is -2.38. The molecular weight excluding hydrogens is 259 g/mol. The molecule has 0 aliphatic rings. The van der Waals surface area contributed by atoms with Crippen LogP contribution in [0.1, 0.15) is 33.3 Å². The van der Waals surface area contributed by atoms with Crippen LogP contribution in [0.15, 0.2) is 18.2 Å². The van der Waals surface area contributed by atoms with Crippen molar-refractivity contribution < 1.29 is 13.9 Å². The summed E-state index contributed by atoms with van der Waals surface area (Å²) in [6, 6.07) is 4.71. The highest BCUT2D eigenvalue weighted by Crippen LogP contribution is 2.14. The standard InChI is InChI=1S/C15H23FN2O2/c1-10-6-12(16)8-13(7-10)18-11(2)9-17-14(19)20-15(3,4)5/h6-8,11,18H,9H2,1-5H3,(H,17,19). The average Bonchev–Trinajstić information content (AvgIpc) is 2.22. The van der Waals surface area contributed by atoms with Crippen LogP contribution in [0.3, 0.4) is 0 Å². The van der Waals surface area contributed by atoms with Gasteiger partial charge in [0.05, 0.1) is 0 Å². The number of carbonyl (C=O) groups excluding carboxylic acids is 1. The summed E-state index contributed by atoms with van der Waals surface area (Å²) in [6.07, 6.45) is -0.457. The molecule has 112 valence electrons. The Bertz CT molecular complexity index is 449. The average molecular weight is 282 g/mol. The van der Waals surface area contributed by atoms with Crippen LogP contribution >= 0.6 is 0 Å². The Kier molecular flexibility index (Phi) is 5.36. The molecule has 0 aliphatic heterocycles. The third kappa shape index (κ3) is 6.41. The van der Waals surface area contributed by atoms with E-state index in [4.69, 9.17) is 4.74 Å². The number of alkyl carbamates (subject to hydrolysis) is 1. The fraction of sp³-hybridized carbons (Fsp3) is 0.533. The van der Waals surface area contributed by atoms with E-state index >= 15 is 0 Å². The third-order valence-corrected chi connectivity index (χ3v) is 2.41. The Balaban J connectivity index is 2.44. The molecule has 1 amide bonds. The van der Waals surface area contributed by atoms with E-state index in [0.717, 1.165) is 5.56 Å². The number of benzene rings is 1. The highest BCUT2D eigenvalue weighted by atomic mass is 19.1. The minimum Gasteiger partial charge on any atom is -0.444 e. The van der Waals surface area contributed by atoms with E-state index in [1.807, 2.05) is 40.7 Å². The molecular formula is C15H23FN2O2. The van der Waals surface area contributed by atoms with Crippen LogP contribution < -0.4 is 10.6 Å². The first-order valence-electron chi connectivity index (χ1n) is 6.66. The van der Waals surface area contributed by atoms with Gasteiger partial charge in [0.25, 0.3) is 0 Å². The first kappa shape index (κ1) is 16.3. The lowest BCUT2D eigenvalue weighted by molar-refractivity contribution is 0.0526. The van der Waals surface area contributed by atoms with Gasteiger partial charge in [-0.2, -0.15) is 0 Å². The maximum Gasteiger partial charge on any atom is 0.407 e. The highest BCUT2D eigenvalue weighted by molar-refractivity contribution is 5.67. The number of aryl methyl sites for hydroxylation is 1. The second-order valence-electron chi connectivity index (χ2n) is 5.95. The fourth-order valence-electron chi connectivity index (χ4n) is 1.71. The van der Waals surface area contributed by atoms with Crippen LogP contribution in [-0.4, -0.2) is 24.3 Å². The van der Waals surface area contributed by atoms with Gasteiger partial charge in [0, 0.05) is 18.3 Å². The molecule has 1 rings (SSSR count). The summed E-state index contributed by atoms with van der Waals surface area (Å²) in [4.78, 5) is 11.5. The summed E-state index contributed by atoms with van der Waals surface area (Å²) in [7, 11) is 0. The number of anilines is 1. The van der Waals surface area contributed by atoms with Crippen molar-refractivity contribution in [3.05, 3.63) is 29.6 Å². The summed E-state index contributed by atoms with van der Waals surface area (Å²) in [5.74, 6) is -0.278. The lowest BCUT2D eigenvalue weighted by Gasteiger charge is -2.21. The SMILES string of the molecule is Cc1cc(F)cc(NC(C)CNC(=O)OC(C)(C)C)c1. The predicted molar refractivity (Wildman–Crippen MR) is 78.5 cm³/mol. The summed E-state index contributed by atoms with van der Waals surface area (Å²) in [5.41, 5.74) is 1.03. The van der Waals surface area contributed by atoms with Crippen molar-refractivity contribution in [3.8, 4) is 0 Å². The minimum atomic E-state index is -0.513. The number of halogens is 1. The number of rotatable bonds is 4. The van der Waals surface area contributed by atoms with Gasteiger partial charge in [0.1, 0.15) is 11.4 Å². The third-order valence-electron chi connectivity index (χ3n) is 2.41. The van der Waals surface area contributed by atoms with E-state index in [1.165, 1.54) is 12.1 Å². The Labute approximate surface area is 119 Å². The van der Waals surface area contributed by atoms with Gasteiger partial charge in [-0.25, -0.2) is 9.18 Å². The number of carbonyl (C=O) groups is 1. The molecule has 0 aliphatic carbocycles. The van der Waals surface area contributed by atoms with Gasteiger partial charge in [-0.3, -0.25) is 0 Å². The van der Waals surface area contributed by atoms with Crippen LogP contribution in [0.4, 0.5) is 14.9 Å². The second kappa shape index (κ2) is 6.59. The minimum absolute atomic E-state index is 0.0382. The quantitative estimate of drug-likeness (QED) is 0.889. The molecule has 0 fully saturated rings. The van der Waals surface area contributed by atoms with Crippen molar-refractivity contribution in [2.75, 3.05) is 11.9 Å². The Morgan fingerprint density at radius 3 is 2.55 bits per heavy atom. The molecule has 0 radical (unpaired) electrons. The Hall–Kier alpha value is -1.78. The number of ether oxygens (including phenoxy) is 1. The van der Waals surface area contributed by atoms with Gasteiger partial charge in [-0.15, -0.1) is 0 Å². The van der Waals surface area contributed by atoms with Crippen molar-refractivity contribution in [2.24, 2.45) is 0 Å². The molecule has 0 bridgehead atoms. The molecule has 0 spiro atoms. The van der Waals surface area contributed by atoms with Gasteiger partial charge in [-0.05, 0) is 58.4 Å². The van der Waals surface area contributed by atoms with Crippen LogP contribution in [0.2, 0.25) is 0 Å². The second-order valence-corrected chi connectivity index (χ2v) is 5.95. The van der Waals surface area contributed by atoms with Crippen LogP contribution in [0, 0.1) is 12.7 Å². The van der Waals surface area contributed by atoms with Gasteiger partial charge >= 0.3 is 6.09 Å². The number of hydrogen-bond acceptors (Lipinski definition) is 3. The van der Waals surface area contributed by atoms with Crippen molar-refractivity contribution in [1.29, 1.82) is 0 Å². The van der Waals surface area contributed by atoms with E-state index in [0.29, 0.717) is 12.2 Å². The van der Waals surface area contributed by atoms with Crippen LogP contribution in [-0.2, 0) is 4.74 Å². The highest BCUT2D eigenvalue weighted by Gasteiger charge is 2.16. The first-order chi connectivity index (χ1) is 9.15. The molecule has 1 aromatic carbocycles. The zero-order valence-electron chi connectivity index (χ0n) is 12.7. The first-order valence-corrected chi connectivity index (χ1v) is 6.66. The predicted octanol–water partition coefficient (Wildman–Crippen LogP) is 3.46. The molecule has 2 N–H and O–H groups in total. The van der Waals surface area contributed by atoms with Crippen molar-refractivity contribution in [2.45, 2.75) is 46.3 Å². The molecule has 4 nitrogen and oxygen atoms in total. The maximum absolute atomic E-state index is 13.2. The van der Waals surface area contributed by atoms with Gasteiger partial charge < -0.3 is 15.4 Å².